The van der Waals surface area contributed by atoms with E-state index in [9.17, 15) is 4.39 Å². The van der Waals surface area contributed by atoms with E-state index in [1.54, 1.807) is 12.1 Å². The van der Waals surface area contributed by atoms with Crippen molar-refractivity contribution < 1.29 is 9.13 Å². The summed E-state index contributed by atoms with van der Waals surface area (Å²) in [6.07, 6.45) is 0. The summed E-state index contributed by atoms with van der Waals surface area (Å²) in [7, 11) is 1.47. The van der Waals surface area contributed by atoms with Crippen LogP contribution in [0.5, 0.6) is 5.75 Å². The van der Waals surface area contributed by atoms with Crippen molar-refractivity contribution in [1.29, 1.82) is 0 Å². The number of methoxy groups -OCH3 is 1. The van der Waals surface area contributed by atoms with Crippen LogP contribution < -0.4 is 4.74 Å². The zero-order chi connectivity index (χ0) is 11.5. The molecule has 0 saturated carbocycles. The molecule has 0 spiro atoms. The fraction of sp³-hybridized carbons (Fsp3) is 0.143. The second kappa shape index (κ2) is 4.35. The predicted molar refractivity (Wildman–Crippen MR) is 63.1 cm³/mol. The Morgan fingerprint density at radius 2 is 1.75 bits per heavy atom. The third kappa shape index (κ3) is 2.06. The number of aryl methyl sites for hydroxylation is 1. The van der Waals surface area contributed by atoms with Crippen molar-refractivity contribution in [3.8, 4) is 16.9 Å². The molecule has 0 bridgehead atoms. The van der Waals surface area contributed by atoms with Crippen molar-refractivity contribution in [3.63, 3.8) is 0 Å². The Morgan fingerprint density at radius 1 is 1.00 bits per heavy atom. The van der Waals surface area contributed by atoms with E-state index in [1.807, 2.05) is 25.1 Å². The lowest BCUT2D eigenvalue weighted by Crippen LogP contribution is -1.88. The minimum Gasteiger partial charge on any atom is -0.494 e. The fourth-order valence-electron chi connectivity index (χ4n) is 1.66. The quantitative estimate of drug-likeness (QED) is 0.741. The van der Waals surface area contributed by atoms with Crippen molar-refractivity contribution in [3.05, 3.63) is 53.8 Å². The highest BCUT2D eigenvalue weighted by Crippen LogP contribution is 2.26. The number of hydrogen-bond donors (Lipinski definition) is 0. The summed E-state index contributed by atoms with van der Waals surface area (Å²) < 4.78 is 18.2. The summed E-state index contributed by atoms with van der Waals surface area (Å²) in [5.74, 6) is -0.0575. The molecule has 1 nitrogen and oxygen atoms in total. The van der Waals surface area contributed by atoms with E-state index in [-0.39, 0.29) is 11.6 Å². The van der Waals surface area contributed by atoms with Crippen LogP contribution in [0.4, 0.5) is 4.39 Å². The van der Waals surface area contributed by atoms with Crippen LogP contribution in [-0.4, -0.2) is 7.11 Å². The number of benzene rings is 2. The first-order valence-corrected chi connectivity index (χ1v) is 5.11. The Labute approximate surface area is 94.5 Å². The molecule has 0 aliphatic heterocycles. The van der Waals surface area contributed by atoms with Gasteiger partial charge in [-0.2, -0.15) is 0 Å². The lowest BCUT2D eigenvalue weighted by molar-refractivity contribution is 0.387. The van der Waals surface area contributed by atoms with Gasteiger partial charge in [-0.25, -0.2) is 4.39 Å². The average molecular weight is 216 g/mol. The fourth-order valence-corrected chi connectivity index (χ4v) is 1.66. The van der Waals surface area contributed by atoms with E-state index in [4.69, 9.17) is 4.74 Å². The van der Waals surface area contributed by atoms with Crippen LogP contribution in [-0.2, 0) is 0 Å². The van der Waals surface area contributed by atoms with Crippen molar-refractivity contribution in [2.75, 3.05) is 7.11 Å². The first-order valence-electron chi connectivity index (χ1n) is 5.11. The highest BCUT2D eigenvalue weighted by molar-refractivity contribution is 5.65. The van der Waals surface area contributed by atoms with Gasteiger partial charge >= 0.3 is 0 Å². The topological polar surface area (TPSA) is 9.23 Å². The Kier molecular flexibility index (Phi) is 2.91. The molecule has 2 rings (SSSR count). The molecule has 16 heavy (non-hydrogen) atoms. The Morgan fingerprint density at radius 3 is 2.44 bits per heavy atom. The maximum Gasteiger partial charge on any atom is 0.165 e. The van der Waals surface area contributed by atoms with Gasteiger partial charge in [0.15, 0.2) is 11.6 Å². The Hall–Kier alpha value is -1.83. The monoisotopic (exact) mass is 216 g/mol. The lowest BCUT2D eigenvalue weighted by Gasteiger charge is -2.06. The van der Waals surface area contributed by atoms with Crippen LogP contribution >= 0.6 is 0 Å². The highest BCUT2D eigenvalue weighted by Gasteiger charge is 2.04. The first kappa shape index (κ1) is 10.7. The van der Waals surface area contributed by atoms with E-state index < -0.39 is 0 Å². The molecule has 82 valence electrons. The van der Waals surface area contributed by atoms with Gasteiger partial charge in [0.25, 0.3) is 0 Å². The van der Waals surface area contributed by atoms with E-state index >= 15 is 0 Å². The molecule has 0 amide bonds. The number of ether oxygens (including phenoxy) is 1. The molecule has 0 fully saturated rings. The summed E-state index contributed by atoms with van der Waals surface area (Å²) >= 11 is 0. The highest BCUT2D eigenvalue weighted by atomic mass is 19.1. The number of halogens is 1. The van der Waals surface area contributed by atoms with Gasteiger partial charge in [0.1, 0.15) is 0 Å². The molecule has 0 atom stereocenters. The lowest BCUT2D eigenvalue weighted by atomic mass is 10.0. The van der Waals surface area contributed by atoms with Crippen LogP contribution in [0.1, 0.15) is 5.56 Å². The maximum absolute atomic E-state index is 13.2. The molecule has 0 heterocycles. The van der Waals surface area contributed by atoms with Gasteiger partial charge in [-0.15, -0.1) is 0 Å². The van der Waals surface area contributed by atoms with Gasteiger partial charge in [-0.3, -0.25) is 0 Å². The third-order valence-corrected chi connectivity index (χ3v) is 2.50. The van der Waals surface area contributed by atoms with E-state index in [1.165, 1.54) is 18.7 Å². The first-order chi connectivity index (χ1) is 7.70. The summed E-state index contributed by atoms with van der Waals surface area (Å²) in [5.41, 5.74) is 3.21. The van der Waals surface area contributed by atoms with E-state index in [2.05, 4.69) is 6.07 Å². The van der Waals surface area contributed by atoms with Gasteiger partial charge in [-0.1, -0.05) is 35.9 Å². The van der Waals surface area contributed by atoms with Crippen molar-refractivity contribution >= 4 is 0 Å². The Balaban J connectivity index is 2.48. The maximum atomic E-state index is 13.2. The van der Waals surface area contributed by atoms with Crippen LogP contribution in [0, 0.1) is 12.7 Å². The largest absolute Gasteiger partial charge is 0.494 e. The Bertz CT molecular complexity index is 506. The second-order valence-corrected chi connectivity index (χ2v) is 3.72. The average Bonchev–Trinajstić information content (AvgIpc) is 2.29. The van der Waals surface area contributed by atoms with Crippen molar-refractivity contribution in [2.24, 2.45) is 0 Å². The molecular formula is C14H13FO. The van der Waals surface area contributed by atoms with Crippen LogP contribution in [0.25, 0.3) is 11.1 Å². The smallest absolute Gasteiger partial charge is 0.165 e. The number of rotatable bonds is 2. The molecule has 0 unspecified atom stereocenters. The standard InChI is InChI=1S/C14H13FO/c1-10-4-3-5-11(8-10)12-6-7-13(15)14(9-12)16-2/h3-9H,1-2H3. The summed E-state index contributed by atoms with van der Waals surface area (Å²) in [4.78, 5) is 0. The minimum absolute atomic E-state index is 0.277. The van der Waals surface area contributed by atoms with Crippen LogP contribution in [0.2, 0.25) is 0 Å². The molecule has 0 aliphatic rings. The van der Waals surface area contributed by atoms with Crippen LogP contribution in [0.3, 0.4) is 0 Å². The minimum atomic E-state index is -0.334. The molecular weight excluding hydrogens is 203 g/mol. The van der Waals surface area contributed by atoms with Gasteiger partial charge in [-0.05, 0) is 30.2 Å². The van der Waals surface area contributed by atoms with Crippen LogP contribution in [0.15, 0.2) is 42.5 Å². The molecule has 0 radical (unpaired) electrons. The van der Waals surface area contributed by atoms with Gasteiger partial charge < -0.3 is 4.74 Å². The zero-order valence-corrected chi connectivity index (χ0v) is 9.33. The molecule has 2 aromatic carbocycles. The summed E-state index contributed by atoms with van der Waals surface area (Å²) in [6.45, 7) is 2.03. The molecule has 2 aromatic rings. The third-order valence-electron chi connectivity index (χ3n) is 2.50. The molecule has 0 aromatic heterocycles. The SMILES string of the molecule is COc1cc(-c2cccc(C)c2)ccc1F. The second-order valence-electron chi connectivity index (χ2n) is 3.72. The van der Waals surface area contributed by atoms with Crippen molar-refractivity contribution in [1.82, 2.24) is 0 Å². The molecule has 0 saturated heterocycles. The predicted octanol–water partition coefficient (Wildman–Crippen LogP) is 3.81. The van der Waals surface area contributed by atoms with Crippen molar-refractivity contribution in [2.45, 2.75) is 6.92 Å². The molecule has 0 aliphatic carbocycles. The molecule has 0 N–H and O–H groups in total. The molecule has 2 heteroatoms. The number of hydrogen-bond acceptors (Lipinski definition) is 1. The summed E-state index contributed by atoms with van der Waals surface area (Å²) in [6, 6.07) is 13.0. The zero-order valence-electron chi connectivity index (χ0n) is 9.33. The van der Waals surface area contributed by atoms with Gasteiger partial charge in [0.2, 0.25) is 0 Å². The van der Waals surface area contributed by atoms with Gasteiger partial charge in [0, 0.05) is 0 Å². The normalized spacial score (nSPS) is 10.2. The van der Waals surface area contributed by atoms with E-state index in [0.717, 1.165) is 11.1 Å². The van der Waals surface area contributed by atoms with E-state index in [0.29, 0.717) is 0 Å². The van der Waals surface area contributed by atoms with Gasteiger partial charge in [0.05, 0.1) is 7.11 Å². The summed E-state index contributed by atoms with van der Waals surface area (Å²) in [5, 5.41) is 0.